The molecule has 13 heteroatoms. The molecule has 11 nitrogen and oxygen atoms in total. The SMILES string of the molecule is C=CC(=O)NC1COCC1Nc1cc(N(C)C(=O)Nc2c(Cl)c(OC)cc(OC)c2Cl)ncn1. The van der Waals surface area contributed by atoms with Crippen molar-refractivity contribution in [2.45, 2.75) is 12.1 Å². The molecule has 0 bridgehead atoms. The van der Waals surface area contributed by atoms with Gasteiger partial charge in [0, 0.05) is 19.2 Å². The van der Waals surface area contributed by atoms with Crippen molar-refractivity contribution in [3.8, 4) is 11.5 Å². The van der Waals surface area contributed by atoms with Gasteiger partial charge in [-0.2, -0.15) is 0 Å². The summed E-state index contributed by atoms with van der Waals surface area (Å²) in [4.78, 5) is 34.2. The van der Waals surface area contributed by atoms with Gasteiger partial charge in [-0.1, -0.05) is 29.8 Å². The van der Waals surface area contributed by atoms with Crippen LogP contribution in [0.4, 0.5) is 22.1 Å². The van der Waals surface area contributed by atoms with Gasteiger partial charge < -0.3 is 30.2 Å². The fourth-order valence-electron chi connectivity index (χ4n) is 3.17. The van der Waals surface area contributed by atoms with Gasteiger partial charge in [0.25, 0.3) is 0 Å². The minimum atomic E-state index is -0.566. The zero-order chi connectivity index (χ0) is 24.8. The third-order valence-electron chi connectivity index (χ3n) is 5.03. The maximum absolute atomic E-state index is 12.9. The first-order valence-electron chi connectivity index (χ1n) is 10.0. The molecule has 0 spiro atoms. The molecule has 1 aliphatic heterocycles. The second kappa shape index (κ2) is 11.2. The van der Waals surface area contributed by atoms with E-state index in [1.807, 2.05) is 0 Å². The Morgan fingerprint density at radius 2 is 1.79 bits per heavy atom. The summed E-state index contributed by atoms with van der Waals surface area (Å²) in [5.41, 5.74) is 0.132. The van der Waals surface area contributed by atoms with Crippen LogP contribution in [-0.4, -0.2) is 68.5 Å². The fraction of sp³-hybridized carbons (Fsp3) is 0.333. The summed E-state index contributed by atoms with van der Waals surface area (Å²) in [6.07, 6.45) is 2.51. The highest BCUT2D eigenvalue weighted by atomic mass is 35.5. The van der Waals surface area contributed by atoms with Crippen molar-refractivity contribution in [1.82, 2.24) is 15.3 Å². The number of halogens is 2. The van der Waals surface area contributed by atoms with Gasteiger partial charge in [0.2, 0.25) is 5.91 Å². The molecule has 0 saturated carbocycles. The van der Waals surface area contributed by atoms with E-state index in [0.717, 1.165) is 0 Å². The second-order valence-electron chi connectivity index (χ2n) is 7.14. The first kappa shape index (κ1) is 25.3. The number of aromatic nitrogens is 2. The van der Waals surface area contributed by atoms with E-state index >= 15 is 0 Å². The second-order valence-corrected chi connectivity index (χ2v) is 7.90. The van der Waals surface area contributed by atoms with Gasteiger partial charge in [0.15, 0.2) is 0 Å². The van der Waals surface area contributed by atoms with Crippen LogP contribution in [0.3, 0.4) is 0 Å². The summed E-state index contributed by atoms with van der Waals surface area (Å²) < 4.78 is 15.9. The number of nitrogens with one attached hydrogen (secondary N) is 3. The van der Waals surface area contributed by atoms with E-state index < -0.39 is 6.03 Å². The van der Waals surface area contributed by atoms with Crippen LogP contribution in [0.5, 0.6) is 11.5 Å². The zero-order valence-electron chi connectivity index (χ0n) is 18.7. The zero-order valence-corrected chi connectivity index (χ0v) is 20.2. The number of hydrogen-bond donors (Lipinski definition) is 3. The number of amides is 3. The normalized spacial score (nSPS) is 17.0. The summed E-state index contributed by atoms with van der Waals surface area (Å²) in [7, 11) is 4.39. The molecule has 2 unspecified atom stereocenters. The molecule has 3 amide bonds. The molecule has 3 N–H and O–H groups in total. The number of carbonyl (C=O) groups is 2. The Morgan fingerprint density at radius 3 is 2.41 bits per heavy atom. The Bertz CT molecular complexity index is 1060. The quantitative estimate of drug-likeness (QED) is 0.462. The van der Waals surface area contributed by atoms with E-state index in [1.165, 1.54) is 44.6 Å². The summed E-state index contributed by atoms with van der Waals surface area (Å²) in [5.74, 6) is 1.01. The lowest BCUT2D eigenvalue weighted by Crippen LogP contribution is -2.45. The number of benzene rings is 1. The monoisotopic (exact) mass is 510 g/mol. The topological polar surface area (TPSA) is 127 Å². The van der Waals surface area contributed by atoms with Crippen LogP contribution in [0.2, 0.25) is 10.0 Å². The van der Waals surface area contributed by atoms with Gasteiger partial charge in [0.05, 0.1) is 45.2 Å². The molecule has 0 aliphatic carbocycles. The van der Waals surface area contributed by atoms with E-state index in [4.69, 9.17) is 37.4 Å². The maximum Gasteiger partial charge on any atom is 0.327 e. The van der Waals surface area contributed by atoms with Gasteiger partial charge >= 0.3 is 6.03 Å². The Morgan fingerprint density at radius 1 is 1.15 bits per heavy atom. The number of rotatable bonds is 8. The fourth-order valence-corrected chi connectivity index (χ4v) is 3.77. The minimum absolute atomic E-state index is 0.119. The summed E-state index contributed by atoms with van der Waals surface area (Å²) in [6.45, 7) is 4.17. The van der Waals surface area contributed by atoms with Crippen LogP contribution < -0.4 is 30.3 Å². The van der Waals surface area contributed by atoms with E-state index in [1.54, 1.807) is 6.07 Å². The number of ether oxygens (including phenoxy) is 3. The third kappa shape index (κ3) is 5.61. The predicted molar refractivity (Wildman–Crippen MR) is 129 cm³/mol. The van der Waals surface area contributed by atoms with Crippen molar-refractivity contribution < 1.29 is 23.8 Å². The number of methoxy groups -OCH3 is 2. The molecule has 1 aromatic heterocycles. The molecule has 1 fully saturated rings. The van der Waals surface area contributed by atoms with Gasteiger partial charge in [-0.25, -0.2) is 14.8 Å². The van der Waals surface area contributed by atoms with Crippen molar-refractivity contribution in [2.24, 2.45) is 0 Å². The van der Waals surface area contributed by atoms with Crippen LogP contribution in [0.1, 0.15) is 0 Å². The van der Waals surface area contributed by atoms with Gasteiger partial charge in [-0.3, -0.25) is 9.69 Å². The Balaban J connectivity index is 1.75. The highest BCUT2D eigenvalue weighted by Gasteiger charge is 2.29. The van der Waals surface area contributed by atoms with Crippen LogP contribution in [0, 0.1) is 0 Å². The number of anilines is 3. The molecule has 2 atom stereocenters. The Hall–Kier alpha value is -3.28. The lowest BCUT2D eigenvalue weighted by atomic mass is 10.1. The van der Waals surface area contributed by atoms with Crippen molar-refractivity contribution in [2.75, 3.05) is 50.0 Å². The highest BCUT2D eigenvalue weighted by Crippen LogP contribution is 2.44. The van der Waals surface area contributed by atoms with Gasteiger partial charge in [-0.15, -0.1) is 0 Å². The summed E-state index contributed by atoms with van der Waals surface area (Å²) >= 11 is 12.7. The smallest absolute Gasteiger partial charge is 0.327 e. The largest absolute Gasteiger partial charge is 0.495 e. The lowest BCUT2D eigenvalue weighted by Gasteiger charge is -2.22. The van der Waals surface area contributed by atoms with Gasteiger partial charge in [-0.05, 0) is 6.08 Å². The summed E-state index contributed by atoms with van der Waals surface area (Å²) in [5, 5.41) is 8.90. The molecule has 3 rings (SSSR count). The molecular weight excluding hydrogens is 487 g/mol. The van der Waals surface area contributed by atoms with Crippen molar-refractivity contribution >= 4 is 52.5 Å². The number of hydrogen-bond acceptors (Lipinski definition) is 8. The van der Waals surface area contributed by atoms with Crippen molar-refractivity contribution in [3.63, 3.8) is 0 Å². The summed E-state index contributed by atoms with van der Waals surface area (Å²) in [6, 6.07) is 2.04. The number of urea groups is 1. The molecule has 34 heavy (non-hydrogen) atoms. The van der Waals surface area contributed by atoms with E-state index in [0.29, 0.717) is 24.8 Å². The molecule has 1 aliphatic rings. The average molecular weight is 511 g/mol. The number of nitrogens with zero attached hydrogens (tertiary/aromatic N) is 3. The van der Waals surface area contributed by atoms with E-state index in [9.17, 15) is 9.59 Å². The average Bonchev–Trinajstić information content (AvgIpc) is 3.27. The molecule has 1 saturated heterocycles. The maximum atomic E-state index is 12.9. The molecule has 182 valence electrons. The lowest BCUT2D eigenvalue weighted by molar-refractivity contribution is -0.117. The van der Waals surface area contributed by atoms with E-state index in [-0.39, 0.29) is 45.2 Å². The number of carbonyl (C=O) groups excluding carboxylic acids is 2. The third-order valence-corrected chi connectivity index (χ3v) is 5.78. The first-order chi connectivity index (χ1) is 16.3. The minimum Gasteiger partial charge on any atom is -0.495 e. The standard InChI is InChI=1S/C21H24Cl2N6O5/c1-5-17(30)27-12-9-34-8-11(12)26-15-7-16(25-10-24-15)29(2)21(31)28-20-18(22)13(32-3)6-14(33-4)19(20)23/h5-7,10-12H,1,8-9H2,2-4H3,(H,27,30)(H,28,31)(H,24,25,26). The van der Waals surface area contributed by atoms with Crippen LogP contribution in [0.15, 0.2) is 31.1 Å². The van der Waals surface area contributed by atoms with Crippen LogP contribution in [0.25, 0.3) is 0 Å². The molecule has 2 aromatic rings. The first-order valence-corrected chi connectivity index (χ1v) is 10.8. The van der Waals surface area contributed by atoms with E-state index in [2.05, 4.69) is 32.5 Å². The van der Waals surface area contributed by atoms with Crippen molar-refractivity contribution in [3.05, 3.63) is 41.2 Å². The molecule has 1 aromatic carbocycles. The molecule has 2 heterocycles. The Kier molecular flexibility index (Phi) is 8.37. The van der Waals surface area contributed by atoms with Crippen LogP contribution in [-0.2, 0) is 9.53 Å². The van der Waals surface area contributed by atoms with Gasteiger partial charge in [0.1, 0.15) is 39.5 Å². The Labute approximate surface area is 206 Å². The van der Waals surface area contributed by atoms with Crippen LogP contribution >= 0.6 is 23.2 Å². The van der Waals surface area contributed by atoms with Crippen molar-refractivity contribution in [1.29, 1.82) is 0 Å². The molecule has 0 radical (unpaired) electrons. The molecular formula is C21H24Cl2N6O5. The highest BCUT2D eigenvalue weighted by molar-refractivity contribution is 6.41. The predicted octanol–water partition coefficient (Wildman–Crippen LogP) is 2.95.